The SMILES string of the molecule is CCN(CC)CCN(C(=O)CSc1ccc(C)cc1)c1nc2c(OC)cccc2s1. The van der Waals surface area contributed by atoms with Crippen molar-refractivity contribution in [3.63, 3.8) is 0 Å². The number of anilines is 1. The lowest BCUT2D eigenvalue weighted by Gasteiger charge is -2.24. The minimum atomic E-state index is 0.0748. The number of amides is 1. The molecular weight excluding hydrogens is 414 g/mol. The van der Waals surface area contributed by atoms with Gasteiger partial charge in [0, 0.05) is 18.0 Å². The van der Waals surface area contributed by atoms with Crippen LogP contribution in [0.3, 0.4) is 0 Å². The molecule has 0 aliphatic rings. The molecule has 0 saturated heterocycles. The third-order valence-corrected chi connectivity index (χ3v) is 7.08. The third-order valence-electron chi connectivity index (χ3n) is 5.04. The number of nitrogens with zero attached hydrogens (tertiary/aromatic N) is 3. The van der Waals surface area contributed by atoms with Gasteiger partial charge in [0.2, 0.25) is 5.91 Å². The number of thioether (sulfide) groups is 1. The van der Waals surface area contributed by atoms with E-state index in [0.29, 0.717) is 12.3 Å². The van der Waals surface area contributed by atoms with Crippen LogP contribution in [0.25, 0.3) is 10.2 Å². The quantitative estimate of drug-likeness (QED) is 0.409. The van der Waals surface area contributed by atoms with Crippen LogP contribution in [0.4, 0.5) is 5.13 Å². The standard InChI is InChI=1S/C23H29N3O2S2/c1-5-25(6-2)14-15-26(21(27)16-29-18-12-10-17(3)11-13-18)23-24-22-19(28-4)8-7-9-20(22)30-23/h7-13H,5-6,14-16H2,1-4H3. The van der Waals surface area contributed by atoms with Crippen molar-refractivity contribution in [2.24, 2.45) is 0 Å². The molecular formula is C23H29N3O2S2. The van der Waals surface area contributed by atoms with Gasteiger partial charge in [-0.1, -0.05) is 48.9 Å². The number of likely N-dealkylation sites (N-methyl/N-ethyl adjacent to an activating group) is 1. The summed E-state index contributed by atoms with van der Waals surface area (Å²) in [5.41, 5.74) is 2.03. The highest BCUT2D eigenvalue weighted by atomic mass is 32.2. The number of hydrogen-bond donors (Lipinski definition) is 0. The van der Waals surface area contributed by atoms with Gasteiger partial charge in [-0.05, 0) is 44.3 Å². The van der Waals surface area contributed by atoms with Crippen LogP contribution in [0.15, 0.2) is 47.4 Å². The Balaban J connectivity index is 1.82. The van der Waals surface area contributed by atoms with Crippen molar-refractivity contribution in [3.05, 3.63) is 48.0 Å². The van der Waals surface area contributed by atoms with Gasteiger partial charge in [-0.3, -0.25) is 9.69 Å². The van der Waals surface area contributed by atoms with E-state index < -0.39 is 0 Å². The zero-order valence-electron chi connectivity index (χ0n) is 18.1. The Morgan fingerprint density at radius 2 is 1.83 bits per heavy atom. The summed E-state index contributed by atoms with van der Waals surface area (Å²) in [7, 11) is 1.65. The van der Waals surface area contributed by atoms with Crippen LogP contribution in [0.2, 0.25) is 0 Å². The monoisotopic (exact) mass is 443 g/mol. The second kappa shape index (κ2) is 10.8. The van der Waals surface area contributed by atoms with Crippen molar-refractivity contribution < 1.29 is 9.53 Å². The number of ether oxygens (including phenoxy) is 1. The van der Waals surface area contributed by atoms with E-state index in [4.69, 9.17) is 9.72 Å². The van der Waals surface area contributed by atoms with Gasteiger partial charge >= 0.3 is 0 Å². The van der Waals surface area contributed by atoms with Crippen LogP contribution < -0.4 is 9.64 Å². The third kappa shape index (κ3) is 5.53. The lowest BCUT2D eigenvalue weighted by molar-refractivity contribution is -0.116. The van der Waals surface area contributed by atoms with E-state index in [1.54, 1.807) is 18.9 Å². The van der Waals surface area contributed by atoms with Gasteiger partial charge in [0.15, 0.2) is 5.13 Å². The molecule has 2 aromatic carbocycles. The number of thiazole rings is 1. The average molecular weight is 444 g/mol. The topological polar surface area (TPSA) is 45.7 Å². The molecule has 0 spiro atoms. The molecule has 1 heterocycles. The number of methoxy groups -OCH3 is 1. The lowest BCUT2D eigenvalue weighted by Crippen LogP contribution is -2.39. The number of hydrogen-bond acceptors (Lipinski definition) is 6. The largest absolute Gasteiger partial charge is 0.494 e. The predicted octanol–water partition coefficient (Wildman–Crippen LogP) is 5.08. The van der Waals surface area contributed by atoms with Gasteiger partial charge in [-0.2, -0.15) is 0 Å². The minimum absolute atomic E-state index is 0.0748. The van der Waals surface area contributed by atoms with E-state index in [0.717, 1.165) is 45.6 Å². The first-order valence-electron chi connectivity index (χ1n) is 10.2. The van der Waals surface area contributed by atoms with Crippen LogP contribution in [0, 0.1) is 6.92 Å². The molecule has 5 nitrogen and oxygen atoms in total. The summed E-state index contributed by atoms with van der Waals surface area (Å²) < 4.78 is 6.48. The van der Waals surface area contributed by atoms with Gasteiger partial charge in [-0.25, -0.2) is 4.98 Å². The molecule has 7 heteroatoms. The number of para-hydroxylation sites is 1. The Labute approximate surface area is 187 Å². The molecule has 1 aromatic heterocycles. The maximum Gasteiger partial charge on any atom is 0.239 e. The average Bonchev–Trinajstić information content (AvgIpc) is 3.20. The van der Waals surface area contributed by atoms with E-state index in [-0.39, 0.29) is 5.91 Å². The van der Waals surface area contributed by atoms with Crippen LogP contribution in [0.1, 0.15) is 19.4 Å². The molecule has 160 valence electrons. The summed E-state index contributed by atoms with van der Waals surface area (Å²) in [6.07, 6.45) is 0. The van der Waals surface area contributed by atoms with E-state index in [1.807, 2.05) is 23.1 Å². The zero-order valence-corrected chi connectivity index (χ0v) is 19.7. The lowest BCUT2D eigenvalue weighted by atomic mass is 10.2. The molecule has 0 radical (unpaired) electrons. The van der Waals surface area contributed by atoms with Crippen molar-refractivity contribution in [1.82, 2.24) is 9.88 Å². The molecule has 0 fully saturated rings. The number of carbonyl (C=O) groups is 1. The number of aromatic nitrogens is 1. The predicted molar refractivity (Wildman–Crippen MR) is 128 cm³/mol. The van der Waals surface area contributed by atoms with Crippen LogP contribution in [0.5, 0.6) is 5.75 Å². The van der Waals surface area contributed by atoms with E-state index in [1.165, 1.54) is 16.9 Å². The van der Waals surface area contributed by atoms with Crippen LogP contribution >= 0.6 is 23.1 Å². The number of aryl methyl sites for hydroxylation is 1. The number of rotatable bonds is 10. The van der Waals surface area contributed by atoms with Crippen molar-refractivity contribution in [2.45, 2.75) is 25.7 Å². The summed E-state index contributed by atoms with van der Waals surface area (Å²) in [4.78, 5) is 23.3. The molecule has 0 aliphatic heterocycles. The minimum Gasteiger partial charge on any atom is -0.494 e. The molecule has 0 saturated carbocycles. The Bertz CT molecular complexity index is 968. The Hall–Kier alpha value is -2.09. The normalized spacial score (nSPS) is 11.2. The van der Waals surface area contributed by atoms with Crippen LogP contribution in [-0.4, -0.2) is 54.8 Å². The van der Waals surface area contributed by atoms with E-state index in [2.05, 4.69) is 49.9 Å². The summed E-state index contributed by atoms with van der Waals surface area (Å²) in [5, 5.41) is 0.733. The number of benzene rings is 2. The molecule has 0 atom stereocenters. The molecule has 1 amide bonds. The summed E-state index contributed by atoms with van der Waals surface area (Å²) in [5.74, 6) is 1.19. The van der Waals surface area contributed by atoms with Gasteiger partial charge in [0.1, 0.15) is 11.3 Å². The Morgan fingerprint density at radius 3 is 2.50 bits per heavy atom. The van der Waals surface area contributed by atoms with Crippen molar-refractivity contribution >= 4 is 44.4 Å². The van der Waals surface area contributed by atoms with E-state index in [9.17, 15) is 4.79 Å². The highest BCUT2D eigenvalue weighted by Gasteiger charge is 2.21. The fraction of sp³-hybridized carbons (Fsp3) is 0.391. The second-order valence-electron chi connectivity index (χ2n) is 6.98. The fourth-order valence-electron chi connectivity index (χ4n) is 3.16. The molecule has 3 aromatic rings. The summed E-state index contributed by atoms with van der Waals surface area (Å²) in [6.45, 7) is 9.72. The molecule has 0 unspecified atom stereocenters. The molecule has 30 heavy (non-hydrogen) atoms. The molecule has 0 bridgehead atoms. The van der Waals surface area contributed by atoms with E-state index >= 15 is 0 Å². The molecule has 3 rings (SSSR count). The number of carbonyl (C=O) groups excluding carboxylic acids is 1. The maximum absolute atomic E-state index is 13.2. The van der Waals surface area contributed by atoms with Gasteiger partial charge < -0.3 is 9.64 Å². The molecule has 0 N–H and O–H groups in total. The summed E-state index contributed by atoms with van der Waals surface area (Å²) in [6, 6.07) is 14.2. The highest BCUT2D eigenvalue weighted by Crippen LogP contribution is 2.34. The maximum atomic E-state index is 13.2. The van der Waals surface area contributed by atoms with Gasteiger partial charge in [0.05, 0.1) is 17.6 Å². The Kier molecular flexibility index (Phi) is 8.13. The second-order valence-corrected chi connectivity index (χ2v) is 9.04. The first kappa shape index (κ1) is 22.6. The highest BCUT2D eigenvalue weighted by molar-refractivity contribution is 8.00. The van der Waals surface area contributed by atoms with Gasteiger partial charge in [0.25, 0.3) is 0 Å². The van der Waals surface area contributed by atoms with Crippen molar-refractivity contribution in [3.8, 4) is 5.75 Å². The summed E-state index contributed by atoms with van der Waals surface area (Å²) >= 11 is 3.11. The Morgan fingerprint density at radius 1 is 1.10 bits per heavy atom. The van der Waals surface area contributed by atoms with Crippen molar-refractivity contribution in [2.75, 3.05) is 43.9 Å². The number of fused-ring (bicyclic) bond motifs is 1. The van der Waals surface area contributed by atoms with Gasteiger partial charge in [-0.15, -0.1) is 11.8 Å². The first-order valence-corrected chi connectivity index (χ1v) is 12.0. The fourth-order valence-corrected chi connectivity index (χ4v) is 4.96. The van der Waals surface area contributed by atoms with Crippen LogP contribution in [-0.2, 0) is 4.79 Å². The van der Waals surface area contributed by atoms with Crippen molar-refractivity contribution in [1.29, 1.82) is 0 Å². The zero-order chi connectivity index (χ0) is 21.5. The first-order chi connectivity index (χ1) is 14.5. The smallest absolute Gasteiger partial charge is 0.239 e. The molecule has 0 aliphatic carbocycles.